The SMILES string of the molecule is CC(C)(O)C(=O)N/N=C/c1cc(Cl)ccc1OCc1c(F)cccc1Cl. The first-order valence-electron chi connectivity index (χ1n) is 7.59. The minimum atomic E-state index is -1.56. The van der Waals surface area contributed by atoms with Crippen LogP contribution in [0.3, 0.4) is 0 Å². The second kappa shape index (κ2) is 8.49. The van der Waals surface area contributed by atoms with E-state index in [9.17, 15) is 14.3 Å². The summed E-state index contributed by atoms with van der Waals surface area (Å²) in [7, 11) is 0. The predicted octanol–water partition coefficient (Wildman–Crippen LogP) is 3.93. The van der Waals surface area contributed by atoms with Crippen LogP contribution in [0.4, 0.5) is 4.39 Å². The molecule has 0 aliphatic rings. The third kappa shape index (κ3) is 5.42. The third-order valence-corrected chi connectivity index (χ3v) is 3.92. The molecule has 138 valence electrons. The molecule has 0 saturated heterocycles. The summed E-state index contributed by atoms with van der Waals surface area (Å²) in [5.41, 5.74) is 1.33. The normalized spacial score (nSPS) is 11.6. The van der Waals surface area contributed by atoms with Gasteiger partial charge in [0.25, 0.3) is 5.91 Å². The van der Waals surface area contributed by atoms with Crippen molar-refractivity contribution in [3.8, 4) is 5.75 Å². The van der Waals surface area contributed by atoms with Gasteiger partial charge in [-0.15, -0.1) is 0 Å². The van der Waals surface area contributed by atoms with Gasteiger partial charge in [-0.1, -0.05) is 29.3 Å². The average molecular weight is 399 g/mol. The van der Waals surface area contributed by atoms with Gasteiger partial charge >= 0.3 is 0 Å². The van der Waals surface area contributed by atoms with Crippen molar-refractivity contribution in [2.24, 2.45) is 5.10 Å². The molecule has 1 amide bonds. The molecule has 0 saturated carbocycles. The number of hydrogen-bond donors (Lipinski definition) is 2. The third-order valence-electron chi connectivity index (χ3n) is 3.33. The predicted molar refractivity (Wildman–Crippen MR) is 99.2 cm³/mol. The van der Waals surface area contributed by atoms with Gasteiger partial charge in [0.2, 0.25) is 0 Å². The fraction of sp³-hybridized carbons (Fsp3) is 0.222. The Kier molecular flexibility index (Phi) is 6.58. The number of halogens is 3. The van der Waals surface area contributed by atoms with Crippen LogP contribution in [-0.4, -0.2) is 22.8 Å². The van der Waals surface area contributed by atoms with E-state index < -0.39 is 17.3 Å². The van der Waals surface area contributed by atoms with Gasteiger partial charge in [-0.3, -0.25) is 4.79 Å². The Morgan fingerprint density at radius 1 is 1.35 bits per heavy atom. The molecule has 2 N–H and O–H groups in total. The second-order valence-corrected chi connectivity index (χ2v) is 6.77. The van der Waals surface area contributed by atoms with E-state index in [2.05, 4.69) is 10.5 Å². The summed E-state index contributed by atoms with van der Waals surface area (Å²) in [6.07, 6.45) is 1.31. The van der Waals surface area contributed by atoms with Crippen LogP contribution >= 0.6 is 23.2 Å². The van der Waals surface area contributed by atoms with E-state index in [1.165, 1.54) is 32.2 Å². The van der Waals surface area contributed by atoms with E-state index in [0.717, 1.165) is 0 Å². The quantitative estimate of drug-likeness (QED) is 0.571. The lowest BCUT2D eigenvalue weighted by atomic mass is 10.1. The maximum Gasteiger partial charge on any atom is 0.271 e. The number of hydrogen-bond acceptors (Lipinski definition) is 4. The Labute approximate surface area is 160 Å². The molecule has 5 nitrogen and oxygen atoms in total. The van der Waals surface area contributed by atoms with Gasteiger partial charge in [-0.25, -0.2) is 9.82 Å². The summed E-state index contributed by atoms with van der Waals surface area (Å²) in [6.45, 7) is 2.58. The number of carbonyl (C=O) groups excluding carboxylic acids is 1. The average Bonchev–Trinajstić information content (AvgIpc) is 2.55. The Bertz CT molecular complexity index is 815. The zero-order valence-electron chi connectivity index (χ0n) is 14.1. The number of carbonyl (C=O) groups is 1. The molecule has 8 heteroatoms. The molecule has 0 spiro atoms. The van der Waals surface area contributed by atoms with Crippen molar-refractivity contribution in [3.05, 3.63) is 63.4 Å². The molecule has 0 aliphatic heterocycles. The van der Waals surface area contributed by atoms with Crippen molar-refractivity contribution in [1.29, 1.82) is 0 Å². The monoisotopic (exact) mass is 398 g/mol. The van der Waals surface area contributed by atoms with Gasteiger partial charge in [-0.2, -0.15) is 5.10 Å². The first-order chi connectivity index (χ1) is 12.2. The largest absolute Gasteiger partial charge is 0.488 e. The number of amides is 1. The van der Waals surface area contributed by atoms with Crippen LogP contribution in [0.15, 0.2) is 41.5 Å². The van der Waals surface area contributed by atoms with Crippen LogP contribution in [0.1, 0.15) is 25.0 Å². The van der Waals surface area contributed by atoms with Crippen molar-refractivity contribution in [2.75, 3.05) is 0 Å². The van der Waals surface area contributed by atoms with Crippen molar-refractivity contribution >= 4 is 35.3 Å². The molecule has 0 unspecified atom stereocenters. The number of rotatable bonds is 6. The van der Waals surface area contributed by atoms with E-state index >= 15 is 0 Å². The molecule has 0 radical (unpaired) electrons. The lowest BCUT2D eigenvalue weighted by Gasteiger charge is -2.14. The smallest absolute Gasteiger partial charge is 0.271 e. The summed E-state index contributed by atoms with van der Waals surface area (Å²) in [6, 6.07) is 9.13. The topological polar surface area (TPSA) is 70.9 Å². The Morgan fingerprint density at radius 2 is 2.08 bits per heavy atom. The van der Waals surface area contributed by atoms with Gasteiger partial charge in [0, 0.05) is 16.1 Å². The van der Waals surface area contributed by atoms with Crippen LogP contribution in [0.25, 0.3) is 0 Å². The number of hydrazone groups is 1. The second-order valence-electron chi connectivity index (χ2n) is 5.93. The Balaban J connectivity index is 2.16. The molecule has 0 atom stereocenters. The van der Waals surface area contributed by atoms with Crippen LogP contribution in [0.5, 0.6) is 5.75 Å². The van der Waals surface area contributed by atoms with Crippen LogP contribution in [-0.2, 0) is 11.4 Å². The molecular weight excluding hydrogens is 382 g/mol. The van der Waals surface area contributed by atoms with Gasteiger partial charge < -0.3 is 9.84 Å². The summed E-state index contributed by atoms with van der Waals surface area (Å²) >= 11 is 12.0. The highest BCUT2D eigenvalue weighted by molar-refractivity contribution is 6.31. The first kappa shape index (κ1) is 20.2. The van der Waals surface area contributed by atoms with Gasteiger partial charge in [0.1, 0.15) is 23.8 Å². The van der Waals surface area contributed by atoms with Crippen molar-refractivity contribution < 1.29 is 19.0 Å². The standard InChI is InChI=1S/C18H17Cl2FN2O3/c1-18(2,25)17(24)23-22-9-11-8-12(19)6-7-16(11)26-10-13-14(20)4-3-5-15(13)21/h3-9,25H,10H2,1-2H3,(H,23,24)/b22-9+. The van der Waals surface area contributed by atoms with E-state index in [1.54, 1.807) is 24.3 Å². The van der Waals surface area contributed by atoms with E-state index in [-0.39, 0.29) is 17.2 Å². The minimum absolute atomic E-state index is 0.0932. The number of aliphatic hydroxyl groups is 1. The molecule has 26 heavy (non-hydrogen) atoms. The summed E-state index contributed by atoms with van der Waals surface area (Å²) in [4.78, 5) is 11.6. The minimum Gasteiger partial charge on any atom is -0.488 e. The summed E-state index contributed by atoms with van der Waals surface area (Å²) in [5, 5.41) is 14.0. The van der Waals surface area contributed by atoms with Gasteiger partial charge in [0.05, 0.1) is 11.2 Å². The molecule has 0 aromatic heterocycles. The highest BCUT2D eigenvalue weighted by Gasteiger charge is 2.23. The molecule has 0 aliphatic carbocycles. The fourth-order valence-corrected chi connectivity index (χ4v) is 2.27. The first-order valence-corrected chi connectivity index (χ1v) is 8.35. The van der Waals surface area contributed by atoms with Crippen LogP contribution in [0.2, 0.25) is 10.0 Å². The molecule has 0 fully saturated rings. The van der Waals surface area contributed by atoms with Crippen LogP contribution < -0.4 is 10.2 Å². The number of benzene rings is 2. The number of ether oxygens (including phenoxy) is 1. The Hall–Kier alpha value is -2.15. The molecule has 2 rings (SSSR count). The zero-order valence-corrected chi connectivity index (χ0v) is 15.6. The van der Waals surface area contributed by atoms with E-state index in [1.807, 2.05) is 0 Å². The maximum absolute atomic E-state index is 13.8. The number of nitrogens with one attached hydrogen (secondary N) is 1. The lowest BCUT2D eigenvalue weighted by Crippen LogP contribution is -2.39. The molecular formula is C18H17Cl2FN2O3. The highest BCUT2D eigenvalue weighted by Crippen LogP contribution is 2.25. The molecule has 2 aromatic carbocycles. The summed E-state index contributed by atoms with van der Waals surface area (Å²) < 4.78 is 19.5. The number of nitrogens with zero attached hydrogens (tertiary/aromatic N) is 1. The van der Waals surface area contributed by atoms with Crippen molar-refractivity contribution in [2.45, 2.75) is 26.1 Å². The lowest BCUT2D eigenvalue weighted by molar-refractivity contribution is -0.136. The van der Waals surface area contributed by atoms with E-state index in [0.29, 0.717) is 16.3 Å². The fourth-order valence-electron chi connectivity index (χ4n) is 1.87. The molecule has 2 aromatic rings. The molecule has 0 heterocycles. The summed E-state index contributed by atoms with van der Waals surface area (Å²) in [5.74, 6) is -0.773. The van der Waals surface area contributed by atoms with Gasteiger partial charge in [-0.05, 0) is 44.2 Å². The Morgan fingerprint density at radius 3 is 2.73 bits per heavy atom. The molecule has 0 bridgehead atoms. The maximum atomic E-state index is 13.8. The highest BCUT2D eigenvalue weighted by atomic mass is 35.5. The van der Waals surface area contributed by atoms with Gasteiger partial charge in [0.15, 0.2) is 0 Å². The van der Waals surface area contributed by atoms with Crippen LogP contribution in [0, 0.1) is 5.82 Å². The van der Waals surface area contributed by atoms with Crippen molar-refractivity contribution in [3.63, 3.8) is 0 Å². The van der Waals surface area contributed by atoms with Crippen molar-refractivity contribution in [1.82, 2.24) is 5.43 Å². The van der Waals surface area contributed by atoms with E-state index in [4.69, 9.17) is 27.9 Å². The zero-order chi connectivity index (χ0) is 19.3.